The fourth-order valence-corrected chi connectivity index (χ4v) is 2.38. The Hall–Kier alpha value is -3.55. The molecule has 0 atom stereocenters. The Morgan fingerprint density at radius 3 is 2.25 bits per heavy atom. The molecule has 0 fully saturated rings. The van der Waals surface area contributed by atoms with E-state index in [-0.39, 0.29) is 18.0 Å². The summed E-state index contributed by atoms with van der Waals surface area (Å²) in [5, 5.41) is 8.19. The number of carbonyl (C=O) groups is 3. The van der Waals surface area contributed by atoms with Crippen LogP contribution in [0.2, 0.25) is 0 Å². The van der Waals surface area contributed by atoms with Gasteiger partial charge in [0.2, 0.25) is 0 Å². The average molecular weight is 384 g/mol. The van der Waals surface area contributed by atoms with Gasteiger partial charge in [-0.05, 0) is 56.3 Å². The van der Waals surface area contributed by atoms with Crippen molar-refractivity contribution in [2.75, 3.05) is 29.7 Å². The lowest BCUT2D eigenvalue weighted by Crippen LogP contribution is -2.34. The van der Waals surface area contributed by atoms with E-state index in [0.717, 1.165) is 0 Å². The molecule has 0 heterocycles. The van der Waals surface area contributed by atoms with Crippen LogP contribution in [0.3, 0.4) is 0 Å². The third kappa shape index (κ3) is 5.73. The van der Waals surface area contributed by atoms with Crippen molar-refractivity contribution in [3.8, 4) is 0 Å². The van der Waals surface area contributed by atoms with Gasteiger partial charge in [-0.2, -0.15) is 0 Å². The lowest BCUT2D eigenvalue weighted by atomic mass is 10.1. The number of urea groups is 1. The van der Waals surface area contributed by atoms with Crippen LogP contribution in [0.15, 0.2) is 48.5 Å². The molecule has 2 aromatic rings. The molecule has 0 aliphatic carbocycles. The number of methoxy groups -OCH3 is 1. The van der Waals surface area contributed by atoms with Crippen LogP contribution in [0.25, 0.3) is 0 Å². The highest BCUT2D eigenvalue weighted by atomic mass is 16.5. The summed E-state index contributed by atoms with van der Waals surface area (Å²) in [6.07, 6.45) is -0.484. The van der Waals surface area contributed by atoms with Gasteiger partial charge in [-0.1, -0.05) is 6.07 Å². The van der Waals surface area contributed by atoms with Gasteiger partial charge in [0.1, 0.15) is 0 Å². The number of rotatable bonds is 5. The first-order chi connectivity index (χ1) is 13.3. The predicted octanol–water partition coefficient (Wildman–Crippen LogP) is 3.67. The summed E-state index contributed by atoms with van der Waals surface area (Å²) >= 11 is 0. The lowest BCUT2D eigenvalue weighted by molar-refractivity contribution is 0.102. The summed E-state index contributed by atoms with van der Waals surface area (Å²) in [5.41, 5.74) is 2.12. The smallest absolute Gasteiger partial charge is 0.413 e. The summed E-state index contributed by atoms with van der Waals surface area (Å²) in [6.45, 7) is 3.72. The fraction of sp³-hybridized carbons (Fsp3) is 0.250. The van der Waals surface area contributed by atoms with Gasteiger partial charge in [-0.15, -0.1) is 0 Å². The van der Waals surface area contributed by atoms with Crippen molar-refractivity contribution in [1.82, 2.24) is 5.32 Å². The number of hydrogen-bond donors (Lipinski definition) is 3. The highest BCUT2D eigenvalue weighted by Gasteiger charge is 2.12. The third-order valence-electron chi connectivity index (χ3n) is 3.76. The zero-order chi connectivity index (χ0) is 20.7. The maximum absolute atomic E-state index is 12.5. The topological polar surface area (TPSA) is 99.8 Å². The highest BCUT2D eigenvalue weighted by Crippen LogP contribution is 2.19. The SMILES string of the molecule is COC(=O)N(C)c1ccc(NC(=O)c2cccc(NC(=O)NC(C)C)c2)cc1. The van der Waals surface area contributed by atoms with Crippen LogP contribution in [0.4, 0.5) is 26.7 Å². The Labute approximate surface area is 163 Å². The quantitative estimate of drug-likeness (QED) is 0.732. The van der Waals surface area contributed by atoms with Crippen LogP contribution < -0.4 is 20.9 Å². The number of amides is 4. The number of ether oxygens (including phenoxy) is 1. The second kappa shape index (κ2) is 9.40. The van der Waals surface area contributed by atoms with E-state index in [0.29, 0.717) is 22.6 Å². The van der Waals surface area contributed by atoms with Gasteiger partial charge in [0.05, 0.1) is 7.11 Å². The molecule has 0 aliphatic heterocycles. The van der Waals surface area contributed by atoms with Gasteiger partial charge in [-0.3, -0.25) is 9.69 Å². The molecule has 2 rings (SSSR count). The molecule has 0 saturated heterocycles. The summed E-state index contributed by atoms with van der Waals surface area (Å²) in [4.78, 5) is 37.1. The third-order valence-corrected chi connectivity index (χ3v) is 3.76. The Balaban J connectivity index is 2.04. The molecule has 2 aromatic carbocycles. The number of nitrogens with one attached hydrogen (secondary N) is 3. The van der Waals surface area contributed by atoms with Crippen LogP contribution in [0.5, 0.6) is 0 Å². The molecule has 0 spiro atoms. The molecule has 28 heavy (non-hydrogen) atoms. The van der Waals surface area contributed by atoms with Gasteiger partial charge >= 0.3 is 12.1 Å². The number of carbonyl (C=O) groups excluding carboxylic acids is 3. The first-order valence-corrected chi connectivity index (χ1v) is 8.71. The number of anilines is 3. The van der Waals surface area contributed by atoms with Gasteiger partial charge < -0.3 is 20.7 Å². The van der Waals surface area contributed by atoms with E-state index in [4.69, 9.17) is 0 Å². The van der Waals surface area contributed by atoms with E-state index in [1.165, 1.54) is 12.0 Å². The predicted molar refractivity (Wildman–Crippen MR) is 109 cm³/mol. The number of nitrogens with zero attached hydrogens (tertiary/aromatic N) is 1. The normalized spacial score (nSPS) is 10.2. The van der Waals surface area contributed by atoms with Crippen LogP contribution in [0, 0.1) is 0 Å². The Morgan fingerprint density at radius 2 is 1.64 bits per heavy atom. The van der Waals surface area contributed by atoms with Gasteiger partial charge in [0.25, 0.3) is 5.91 Å². The molecule has 0 saturated carbocycles. The van der Waals surface area contributed by atoms with E-state index >= 15 is 0 Å². The fourth-order valence-electron chi connectivity index (χ4n) is 2.38. The average Bonchev–Trinajstić information content (AvgIpc) is 2.66. The van der Waals surface area contributed by atoms with Crippen molar-refractivity contribution in [1.29, 1.82) is 0 Å². The second-order valence-corrected chi connectivity index (χ2v) is 6.36. The number of hydrogen-bond acceptors (Lipinski definition) is 4. The lowest BCUT2D eigenvalue weighted by Gasteiger charge is -2.16. The van der Waals surface area contributed by atoms with Gasteiger partial charge in [0, 0.05) is 35.7 Å². The van der Waals surface area contributed by atoms with Crippen molar-refractivity contribution < 1.29 is 19.1 Å². The first-order valence-electron chi connectivity index (χ1n) is 8.71. The standard InChI is InChI=1S/C20H24N4O4/c1-13(2)21-19(26)23-16-7-5-6-14(12-16)18(25)22-15-8-10-17(11-9-15)24(3)20(27)28-4/h5-13H,1-4H3,(H,22,25)(H2,21,23,26). The van der Waals surface area contributed by atoms with E-state index in [1.807, 2.05) is 13.8 Å². The van der Waals surface area contributed by atoms with Crippen molar-refractivity contribution in [2.45, 2.75) is 19.9 Å². The molecule has 4 amide bonds. The van der Waals surface area contributed by atoms with Crippen molar-refractivity contribution >= 4 is 35.1 Å². The largest absolute Gasteiger partial charge is 0.452 e. The van der Waals surface area contributed by atoms with Crippen LogP contribution in [-0.2, 0) is 4.74 Å². The minimum atomic E-state index is -0.484. The van der Waals surface area contributed by atoms with Crippen molar-refractivity contribution in [2.24, 2.45) is 0 Å². The molecule has 0 radical (unpaired) electrons. The van der Waals surface area contributed by atoms with E-state index in [1.54, 1.807) is 55.6 Å². The maximum Gasteiger partial charge on any atom is 0.413 e. The molecule has 0 bridgehead atoms. The van der Waals surface area contributed by atoms with E-state index in [9.17, 15) is 14.4 Å². The summed E-state index contributed by atoms with van der Waals surface area (Å²) in [7, 11) is 2.90. The molecule has 8 nitrogen and oxygen atoms in total. The summed E-state index contributed by atoms with van der Waals surface area (Å²) in [6, 6.07) is 13.1. The first kappa shape index (κ1) is 20.8. The Bertz CT molecular complexity index is 850. The molecule has 8 heteroatoms. The van der Waals surface area contributed by atoms with Crippen molar-refractivity contribution in [3.05, 3.63) is 54.1 Å². The number of benzene rings is 2. The zero-order valence-corrected chi connectivity index (χ0v) is 16.3. The van der Waals surface area contributed by atoms with E-state index in [2.05, 4.69) is 20.7 Å². The highest BCUT2D eigenvalue weighted by molar-refractivity contribution is 6.05. The maximum atomic E-state index is 12.5. The van der Waals surface area contributed by atoms with Crippen LogP contribution in [-0.4, -0.2) is 38.2 Å². The monoisotopic (exact) mass is 384 g/mol. The molecule has 0 aliphatic rings. The zero-order valence-electron chi connectivity index (χ0n) is 16.3. The van der Waals surface area contributed by atoms with Gasteiger partial charge in [0.15, 0.2) is 0 Å². The minimum absolute atomic E-state index is 0.00711. The van der Waals surface area contributed by atoms with Crippen LogP contribution >= 0.6 is 0 Å². The summed E-state index contributed by atoms with van der Waals surface area (Å²) in [5.74, 6) is -0.318. The molecule has 148 valence electrons. The second-order valence-electron chi connectivity index (χ2n) is 6.36. The van der Waals surface area contributed by atoms with Crippen molar-refractivity contribution in [3.63, 3.8) is 0 Å². The molecular weight excluding hydrogens is 360 g/mol. The van der Waals surface area contributed by atoms with Crippen LogP contribution in [0.1, 0.15) is 24.2 Å². The summed E-state index contributed by atoms with van der Waals surface area (Å²) < 4.78 is 4.66. The molecule has 0 unspecified atom stereocenters. The Kier molecular flexibility index (Phi) is 6.97. The van der Waals surface area contributed by atoms with E-state index < -0.39 is 6.09 Å². The Morgan fingerprint density at radius 1 is 0.964 bits per heavy atom. The van der Waals surface area contributed by atoms with Gasteiger partial charge in [-0.25, -0.2) is 9.59 Å². The molecular formula is C20H24N4O4. The minimum Gasteiger partial charge on any atom is -0.452 e. The molecule has 0 aromatic heterocycles. The molecule has 3 N–H and O–H groups in total.